The molecule has 13 heavy (non-hydrogen) atoms. The second kappa shape index (κ2) is 3.73. The summed E-state index contributed by atoms with van der Waals surface area (Å²) in [6.45, 7) is 1.28. The van der Waals surface area contributed by atoms with Crippen LogP contribution >= 0.6 is 12.4 Å². The van der Waals surface area contributed by atoms with E-state index in [1.165, 1.54) is 0 Å². The SMILES string of the molecule is Cl.N=S1(=O)CCC2(CC1)OCCO2. The Morgan fingerprint density at radius 2 is 1.62 bits per heavy atom. The molecule has 0 radical (unpaired) electrons. The summed E-state index contributed by atoms with van der Waals surface area (Å²) in [5.41, 5.74) is 0. The quantitative estimate of drug-likeness (QED) is 0.672. The van der Waals surface area contributed by atoms with E-state index in [1.807, 2.05) is 0 Å². The van der Waals surface area contributed by atoms with Gasteiger partial charge in [0.05, 0.1) is 13.2 Å². The first-order chi connectivity index (χ1) is 5.62. The smallest absolute Gasteiger partial charge is 0.170 e. The highest BCUT2D eigenvalue weighted by atomic mass is 35.5. The van der Waals surface area contributed by atoms with Crippen molar-refractivity contribution in [3.05, 3.63) is 0 Å². The topological polar surface area (TPSA) is 59.4 Å². The highest BCUT2D eigenvalue weighted by Gasteiger charge is 2.40. The molecule has 2 heterocycles. The van der Waals surface area contributed by atoms with Crippen molar-refractivity contribution in [2.45, 2.75) is 18.6 Å². The van der Waals surface area contributed by atoms with E-state index in [1.54, 1.807) is 0 Å². The molecule has 1 N–H and O–H groups in total. The summed E-state index contributed by atoms with van der Waals surface area (Å²) in [6, 6.07) is 0. The zero-order valence-electron chi connectivity index (χ0n) is 7.28. The van der Waals surface area contributed by atoms with Gasteiger partial charge in [0, 0.05) is 34.1 Å². The lowest BCUT2D eigenvalue weighted by Crippen LogP contribution is -2.39. The van der Waals surface area contributed by atoms with Crippen molar-refractivity contribution in [2.75, 3.05) is 24.7 Å². The average Bonchev–Trinajstić information content (AvgIpc) is 2.46. The van der Waals surface area contributed by atoms with Crippen molar-refractivity contribution >= 4 is 22.1 Å². The number of hydrogen-bond acceptors (Lipinski definition) is 4. The molecule has 2 rings (SSSR count). The summed E-state index contributed by atoms with van der Waals surface area (Å²) in [7, 11) is -2.31. The van der Waals surface area contributed by atoms with E-state index in [0.29, 0.717) is 37.6 Å². The van der Waals surface area contributed by atoms with Crippen molar-refractivity contribution in [3.8, 4) is 0 Å². The number of hydrogen-bond donors (Lipinski definition) is 1. The molecule has 78 valence electrons. The van der Waals surface area contributed by atoms with Crippen LogP contribution in [0.5, 0.6) is 0 Å². The molecular formula is C7H14ClNO3S. The normalized spacial score (nSPS) is 29.8. The van der Waals surface area contributed by atoms with Crippen molar-refractivity contribution in [1.82, 2.24) is 0 Å². The van der Waals surface area contributed by atoms with Crippen LogP contribution in [-0.2, 0) is 19.2 Å². The second-order valence-electron chi connectivity index (χ2n) is 3.33. The van der Waals surface area contributed by atoms with Gasteiger partial charge in [0.15, 0.2) is 5.79 Å². The van der Waals surface area contributed by atoms with Crippen LogP contribution in [0, 0.1) is 4.78 Å². The molecule has 2 saturated heterocycles. The standard InChI is InChI=1S/C7H13NO3S.ClH/c8-12(9)5-1-7(2-6-12)10-3-4-11-7;/h8H,1-6H2;1H. The molecule has 0 saturated carbocycles. The molecule has 0 aromatic carbocycles. The molecule has 0 aromatic heterocycles. The van der Waals surface area contributed by atoms with Gasteiger partial charge in [-0.2, -0.15) is 0 Å². The molecule has 0 atom stereocenters. The van der Waals surface area contributed by atoms with E-state index in [9.17, 15) is 4.21 Å². The highest BCUT2D eigenvalue weighted by molar-refractivity contribution is 7.92. The number of ether oxygens (including phenoxy) is 2. The monoisotopic (exact) mass is 227 g/mol. The Balaban J connectivity index is 0.000000845. The van der Waals surface area contributed by atoms with Crippen molar-refractivity contribution in [1.29, 1.82) is 4.78 Å². The predicted octanol–water partition coefficient (Wildman–Crippen LogP) is 0.992. The zero-order valence-corrected chi connectivity index (χ0v) is 8.92. The number of halogens is 1. The van der Waals surface area contributed by atoms with Crippen LogP contribution in [0.1, 0.15) is 12.8 Å². The molecule has 2 aliphatic heterocycles. The van der Waals surface area contributed by atoms with Crippen molar-refractivity contribution in [2.24, 2.45) is 0 Å². The van der Waals surface area contributed by atoms with Crippen LogP contribution < -0.4 is 0 Å². The summed E-state index contributed by atoms with van der Waals surface area (Å²) in [5.74, 6) is 0.377. The minimum absolute atomic E-state index is 0. The van der Waals surface area contributed by atoms with Gasteiger partial charge in [0.25, 0.3) is 0 Å². The van der Waals surface area contributed by atoms with Gasteiger partial charge in [-0.05, 0) is 0 Å². The minimum atomic E-state index is -2.31. The van der Waals surface area contributed by atoms with Crippen LogP contribution in [0.25, 0.3) is 0 Å². The zero-order chi connectivity index (χ0) is 8.66. The maximum absolute atomic E-state index is 11.3. The van der Waals surface area contributed by atoms with Crippen LogP contribution in [0.3, 0.4) is 0 Å². The molecule has 0 aliphatic carbocycles. The summed E-state index contributed by atoms with van der Waals surface area (Å²) in [4.78, 5) is 0. The number of rotatable bonds is 0. The average molecular weight is 228 g/mol. The van der Waals surface area contributed by atoms with Crippen LogP contribution in [0.4, 0.5) is 0 Å². The maximum atomic E-state index is 11.3. The van der Waals surface area contributed by atoms with Gasteiger partial charge in [-0.25, -0.2) is 4.21 Å². The Bertz CT molecular complexity index is 255. The fraction of sp³-hybridized carbons (Fsp3) is 1.00. The molecule has 1 spiro atoms. The fourth-order valence-electron chi connectivity index (χ4n) is 1.65. The molecule has 0 aromatic rings. The molecule has 0 amide bonds. The first kappa shape index (κ1) is 11.2. The summed E-state index contributed by atoms with van der Waals surface area (Å²) in [5, 5.41) is 0. The Kier molecular flexibility index (Phi) is 3.22. The van der Waals surface area contributed by atoms with E-state index >= 15 is 0 Å². The van der Waals surface area contributed by atoms with Crippen LogP contribution in [0.15, 0.2) is 0 Å². The van der Waals surface area contributed by atoms with E-state index in [4.69, 9.17) is 14.3 Å². The fourth-order valence-corrected chi connectivity index (χ4v) is 3.14. The Hall–Kier alpha value is 0.160. The number of nitrogens with one attached hydrogen (secondary N) is 1. The Morgan fingerprint density at radius 3 is 2.08 bits per heavy atom. The minimum Gasteiger partial charge on any atom is -0.347 e. The molecule has 2 aliphatic rings. The Labute approximate surface area is 84.4 Å². The third-order valence-corrected chi connectivity index (χ3v) is 4.17. The molecule has 0 unspecified atom stereocenters. The van der Waals surface area contributed by atoms with Crippen molar-refractivity contribution < 1.29 is 13.7 Å². The van der Waals surface area contributed by atoms with Gasteiger partial charge >= 0.3 is 0 Å². The van der Waals surface area contributed by atoms with E-state index in [2.05, 4.69) is 0 Å². The first-order valence-corrected chi connectivity index (χ1v) is 6.04. The van der Waals surface area contributed by atoms with Gasteiger partial charge in [-0.1, -0.05) is 0 Å². The maximum Gasteiger partial charge on any atom is 0.170 e. The van der Waals surface area contributed by atoms with E-state index in [0.717, 1.165) is 0 Å². The highest BCUT2D eigenvalue weighted by Crippen LogP contribution is 2.32. The predicted molar refractivity (Wildman–Crippen MR) is 51.7 cm³/mol. The lowest BCUT2D eigenvalue weighted by Gasteiger charge is -2.31. The molecule has 0 bridgehead atoms. The van der Waals surface area contributed by atoms with Gasteiger partial charge in [0.1, 0.15) is 0 Å². The first-order valence-electron chi connectivity index (χ1n) is 4.14. The van der Waals surface area contributed by atoms with Gasteiger partial charge in [-0.3, -0.25) is 4.78 Å². The van der Waals surface area contributed by atoms with Gasteiger partial charge < -0.3 is 9.47 Å². The van der Waals surface area contributed by atoms with Crippen molar-refractivity contribution in [3.63, 3.8) is 0 Å². The molecule has 2 fully saturated rings. The summed E-state index contributed by atoms with van der Waals surface area (Å²) < 4.78 is 29.6. The lowest BCUT2D eigenvalue weighted by atomic mass is 10.1. The third kappa shape index (κ3) is 2.34. The van der Waals surface area contributed by atoms with Crippen LogP contribution in [0.2, 0.25) is 0 Å². The molecular weight excluding hydrogens is 214 g/mol. The van der Waals surface area contributed by atoms with E-state index in [-0.39, 0.29) is 12.4 Å². The largest absolute Gasteiger partial charge is 0.347 e. The summed E-state index contributed by atoms with van der Waals surface area (Å²) in [6.07, 6.45) is 1.24. The second-order valence-corrected chi connectivity index (χ2v) is 5.77. The van der Waals surface area contributed by atoms with Gasteiger partial charge in [-0.15, -0.1) is 12.4 Å². The van der Waals surface area contributed by atoms with Gasteiger partial charge in [0.2, 0.25) is 0 Å². The third-order valence-electron chi connectivity index (χ3n) is 2.44. The molecule has 4 nitrogen and oxygen atoms in total. The Morgan fingerprint density at radius 1 is 1.15 bits per heavy atom. The molecule has 6 heteroatoms. The van der Waals surface area contributed by atoms with Crippen LogP contribution in [-0.4, -0.2) is 34.7 Å². The summed E-state index contributed by atoms with van der Waals surface area (Å²) >= 11 is 0. The van der Waals surface area contributed by atoms with E-state index < -0.39 is 15.5 Å². The lowest BCUT2D eigenvalue weighted by molar-refractivity contribution is -0.161.